The molecule has 0 N–H and O–H groups in total. The lowest BCUT2D eigenvalue weighted by atomic mass is 10.2. The largest absolute Gasteiger partial charge is 0.297 e. The quantitative estimate of drug-likeness (QED) is 0.790. The van der Waals surface area contributed by atoms with Crippen LogP contribution >= 0.6 is 11.3 Å². The summed E-state index contributed by atoms with van der Waals surface area (Å²) in [6.45, 7) is 0.0925. The van der Waals surface area contributed by atoms with Gasteiger partial charge in [0.25, 0.3) is 0 Å². The smallest absolute Gasteiger partial charge is 0.236 e. The predicted molar refractivity (Wildman–Crippen MR) is 69.5 cm³/mol. The molecule has 1 aliphatic heterocycles. The summed E-state index contributed by atoms with van der Waals surface area (Å²) in [5.41, 5.74) is 1.45. The van der Waals surface area contributed by atoms with Crippen molar-refractivity contribution in [2.75, 3.05) is 11.4 Å². The predicted octanol–water partition coefficient (Wildman–Crippen LogP) is 2.26. The summed E-state index contributed by atoms with van der Waals surface area (Å²) >= 11 is 1.30. The second-order valence-corrected chi connectivity index (χ2v) is 5.05. The van der Waals surface area contributed by atoms with Gasteiger partial charge in [-0.05, 0) is 24.3 Å². The molecular weight excluding hydrogens is 267 g/mol. The van der Waals surface area contributed by atoms with E-state index in [1.165, 1.54) is 28.4 Å². The minimum atomic E-state index is -0.306. The number of rotatable bonds is 2. The number of hydrogen-bond donors (Lipinski definition) is 0. The van der Waals surface area contributed by atoms with Crippen LogP contribution in [0.4, 0.5) is 9.52 Å². The van der Waals surface area contributed by atoms with Crippen molar-refractivity contribution in [1.82, 2.24) is 4.98 Å². The lowest BCUT2D eigenvalue weighted by Gasteiger charge is -2.09. The van der Waals surface area contributed by atoms with Gasteiger partial charge >= 0.3 is 0 Å². The zero-order valence-corrected chi connectivity index (χ0v) is 10.6. The SMILES string of the molecule is O=C1CC(=O)N(c2nc(-c3ccc(F)cc3)cs2)C1. The number of Topliss-reactive ketones (excluding diaryl/α,β-unsaturated/α-hetero) is 1. The Balaban J connectivity index is 1.89. The van der Waals surface area contributed by atoms with Gasteiger partial charge in [0, 0.05) is 10.9 Å². The molecule has 1 fully saturated rings. The Hall–Kier alpha value is -2.08. The van der Waals surface area contributed by atoms with Gasteiger partial charge in [-0.1, -0.05) is 0 Å². The maximum absolute atomic E-state index is 12.8. The number of nitrogens with zero attached hydrogens (tertiary/aromatic N) is 2. The van der Waals surface area contributed by atoms with Crippen LogP contribution in [0, 0.1) is 5.82 Å². The van der Waals surface area contributed by atoms with Crippen LogP contribution in [0.5, 0.6) is 0 Å². The van der Waals surface area contributed by atoms with E-state index in [9.17, 15) is 14.0 Å². The fourth-order valence-corrected chi connectivity index (χ4v) is 2.75. The number of halogens is 1. The molecular formula is C13H9FN2O2S. The molecule has 0 spiro atoms. The first-order valence-electron chi connectivity index (χ1n) is 5.67. The summed E-state index contributed by atoms with van der Waals surface area (Å²) in [6.07, 6.45) is -0.0501. The monoisotopic (exact) mass is 276 g/mol. The topological polar surface area (TPSA) is 50.3 Å². The first-order valence-corrected chi connectivity index (χ1v) is 6.55. The first kappa shape index (κ1) is 12.0. The van der Waals surface area contributed by atoms with Gasteiger partial charge in [-0.3, -0.25) is 14.5 Å². The first-order chi connectivity index (χ1) is 9.13. The van der Waals surface area contributed by atoms with Gasteiger partial charge < -0.3 is 0 Å². The van der Waals surface area contributed by atoms with E-state index in [4.69, 9.17) is 0 Å². The van der Waals surface area contributed by atoms with Crippen molar-refractivity contribution in [3.05, 3.63) is 35.5 Å². The van der Waals surface area contributed by atoms with Gasteiger partial charge in [0.1, 0.15) is 5.82 Å². The molecule has 6 heteroatoms. The molecule has 0 aliphatic carbocycles. The fraction of sp³-hybridized carbons (Fsp3) is 0.154. The summed E-state index contributed by atoms with van der Waals surface area (Å²) in [7, 11) is 0. The van der Waals surface area contributed by atoms with Crippen molar-refractivity contribution in [3.63, 3.8) is 0 Å². The minimum absolute atomic E-state index is 0.0501. The van der Waals surface area contributed by atoms with Gasteiger partial charge in [0.2, 0.25) is 5.91 Å². The molecule has 3 rings (SSSR count). The third-order valence-electron chi connectivity index (χ3n) is 2.85. The molecule has 0 atom stereocenters. The van der Waals surface area contributed by atoms with Crippen LogP contribution in [0.15, 0.2) is 29.6 Å². The van der Waals surface area contributed by atoms with E-state index in [1.54, 1.807) is 17.5 Å². The summed E-state index contributed by atoms with van der Waals surface area (Å²) in [5.74, 6) is -0.618. The highest BCUT2D eigenvalue weighted by Crippen LogP contribution is 2.29. The number of hydrogen-bond acceptors (Lipinski definition) is 4. The molecule has 1 amide bonds. The van der Waals surface area contributed by atoms with E-state index < -0.39 is 0 Å². The molecule has 4 nitrogen and oxygen atoms in total. The molecule has 2 aromatic rings. The van der Waals surface area contributed by atoms with Crippen molar-refractivity contribution < 1.29 is 14.0 Å². The molecule has 0 bridgehead atoms. The highest BCUT2D eigenvalue weighted by molar-refractivity contribution is 7.14. The Kier molecular flexibility index (Phi) is 2.87. The molecule has 1 aliphatic rings. The van der Waals surface area contributed by atoms with E-state index in [0.717, 1.165) is 5.56 Å². The van der Waals surface area contributed by atoms with Gasteiger partial charge in [-0.15, -0.1) is 11.3 Å². The van der Waals surface area contributed by atoms with Crippen LogP contribution in [0.1, 0.15) is 6.42 Å². The van der Waals surface area contributed by atoms with Crippen molar-refractivity contribution in [2.24, 2.45) is 0 Å². The van der Waals surface area contributed by atoms with E-state index in [2.05, 4.69) is 4.98 Å². The molecule has 19 heavy (non-hydrogen) atoms. The van der Waals surface area contributed by atoms with Gasteiger partial charge in [0.15, 0.2) is 10.9 Å². The Morgan fingerprint density at radius 3 is 2.58 bits per heavy atom. The third kappa shape index (κ3) is 2.26. The number of amides is 1. The number of anilines is 1. The van der Waals surface area contributed by atoms with E-state index >= 15 is 0 Å². The number of thiazole rings is 1. The summed E-state index contributed by atoms with van der Waals surface area (Å²) in [5, 5.41) is 2.30. The molecule has 1 aromatic carbocycles. The van der Waals surface area contributed by atoms with Crippen LogP contribution in [-0.4, -0.2) is 23.2 Å². The second-order valence-electron chi connectivity index (χ2n) is 4.22. The molecule has 0 radical (unpaired) electrons. The lowest BCUT2D eigenvalue weighted by Crippen LogP contribution is -2.24. The van der Waals surface area contributed by atoms with Crippen LogP contribution in [0.3, 0.4) is 0 Å². The standard InChI is InChI=1S/C13H9FN2O2S/c14-9-3-1-8(2-4-9)11-7-19-13(15-11)16-6-10(17)5-12(16)18/h1-4,7H,5-6H2. The average Bonchev–Trinajstić information content (AvgIpc) is 2.97. The number of carbonyl (C=O) groups excluding carboxylic acids is 2. The number of carbonyl (C=O) groups is 2. The van der Waals surface area contributed by atoms with Gasteiger partial charge in [0.05, 0.1) is 18.7 Å². The fourth-order valence-electron chi connectivity index (χ4n) is 1.90. The maximum atomic E-state index is 12.8. The van der Waals surface area contributed by atoms with E-state index in [0.29, 0.717) is 10.8 Å². The number of benzene rings is 1. The Labute approximate surface area is 112 Å². The van der Waals surface area contributed by atoms with Crippen molar-refractivity contribution >= 4 is 28.2 Å². The zero-order valence-electron chi connectivity index (χ0n) is 9.80. The summed E-state index contributed by atoms with van der Waals surface area (Å²) < 4.78 is 12.8. The van der Waals surface area contributed by atoms with Crippen LogP contribution in [0.2, 0.25) is 0 Å². The highest BCUT2D eigenvalue weighted by Gasteiger charge is 2.30. The summed E-state index contributed by atoms with van der Waals surface area (Å²) in [4.78, 5) is 28.5. The second kappa shape index (κ2) is 4.55. The Morgan fingerprint density at radius 1 is 1.21 bits per heavy atom. The zero-order chi connectivity index (χ0) is 13.4. The van der Waals surface area contributed by atoms with Crippen LogP contribution in [-0.2, 0) is 9.59 Å². The molecule has 0 unspecified atom stereocenters. The Morgan fingerprint density at radius 2 is 1.95 bits per heavy atom. The van der Waals surface area contributed by atoms with Crippen molar-refractivity contribution in [1.29, 1.82) is 0 Å². The lowest BCUT2D eigenvalue weighted by molar-refractivity contribution is -0.121. The summed E-state index contributed by atoms with van der Waals surface area (Å²) in [6, 6.07) is 5.98. The normalized spacial score (nSPS) is 15.3. The minimum Gasteiger partial charge on any atom is -0.297 e. The van der Waals surface area contributed by atoms with Crippen LogP contribution < -0.4 is 4.90 Å². The van der Waals surface area contributed by atoms with Crippen molar-refractivity contribution in [2.45, 2.75) is 6.42 Å². The van der Waals surface area contributed by atoms with E-state index in [-0.39, 0.29) is 30.5 Å². The average molecular weight is 276 g/mol. The van der Waals surface area contributed by atoms with E-state index in [1.807, 2.05) is 0 Å². The number of ketones is 1. The maximum Gasteiger partial charge on any atom is 0.236 e. The van der Waals surface area contributed by atoms with Gasteiger partial charge in [-0.2, -0.15) is 0 Å². The molecule has 1 saturated heterocycles. The van der Waals surface area contributed by atoms with Crippen molar-refractivity contribution in [3.8, 4) is 11.3 Å². The molecule has 96 valence electrons. The highest BCUT2D eigenvalue weighted by atomic mass is 32.1. The Bertz CT molecular complexity index is 651. The molecule has 2 heterocycles. The number of aromatic nitrogens is 1. The third-order valence-corrected chi connectivity index (χ3v) is 3.71. The molecule has 0 saturated carbocycles. The molecule has 1 aromatic heterocycles. The van der Waals surface area contributed by atoms with Crippen LogP contribution in [0.25, 0.3) is 11.3 Å². The van der Waals surface area contributed by atoms with Gasteiger partial charge in [-0.25, -0.2) is 9.37 Å².